The quantitative estimate of drug-likeness (QED) is 0.650. The number of rotatable bonds is 8. The molecule has 0 aliphatic heterocycles. The Morgan fingerprint density at radius 3 is 2.79 bits per heavy atom. The van der Waals surface area contributed by atoms with E-state index < -0.39 is 5.91 Å². The maximum Gasteiger partial charge on any atom is 0.269 e. The first kappa shape index (κ1) is 18.4. The number of aromatic nitrogens is 2. The average molecular weight is 352 g/mol. The van der Waals surface area contributed by atoms with Crippen LogP contribution >= 0.6 is 11.8 Å². The van der Waals surface area contributed by atoms with Crippen molar-refractivity contribution in [3.63, 3.8) is 0 Å². The van der Waals surface area contributed by atoms with Crippen LogP contribution in [0.25, 0.3) is 0 Å². The number of nitrogens with one attached hydrogen (secondary N) is 2. The molecule has 0 atom stereocenters. The third-order valence-electron chi connectivity index (χ3n) is 3.33. The van der Waals surface area contributed by atoms with Crippen molar-refractivity contribution in [3.8, 4) is 0 Å². The zero-order valence-corrected chi connectivity index (χ0v) is 14.7. The van der Waals surface area contributed by atoms with Crippen LogP contribution in [0.1, 0.15) is 31.3 Å². The summed E-state index contributed by atoms with van der Waals surface area (Å²) in [6.07, 6.45) is 1.27. The SMILES string of the molecule is CNC(=O)c1[nH]nc2c1C(=O)C(SCCOCCN(C)C)=CC2=O. The Morgan fingerprint density at radius 1 is 1.38 bits per heavy atom. The van der Waals surface area contributed by atoms with Gasteiger partial charge in [-0.05, 0) is 14.1 Å². The molecule has 1 aromatic rings. The minimum absolute atomic E-state index is 0.00909. The van der Waals surface area contributed by atoms with Gasteiger partial charge in [0.2, 0.25) is 11.6 Å². The largest absolute Gasteiger partial charge is 0.379 e. The number of amides is 1. The number of ketones is 2. The number of nitrogens with zero attached hydrogens (tertiary/aromatic N) is 2. The van der Waals surface area contributed by atoms with Crippen molar-refractivity contribution in [2.24, 2.45) is 0 Å². The summed E-state index contributed by atoms with van der Waals surface area (Å²) in [5.41, 5.74) is 0.0438. The summed E-state index contributed by atoms with van der Waals surface area (Å²) in [5, 5.41) is 8.68. The molecule has 0 fully saturated rings. The van der Waals surface area contributed by atoms with Crippen LogP contribution in [-0.4, -0.2) is 79.2 Å². The van der Waals surface area contributed by atoms with E-state index in [9.17, 15) is 14.4 Å². The molecule has 8 nitrogen and oxygen atoms in total. The Balaban J connectivity index is 1.99. The lowest BCUT2D eigenvalue weighted by Crippen LogP contribution is -2.23. The van der Waals surface area contributed by atoms with Gasteiger partial charge in [-0.25, -0.2) is 0 Å². The van der Waals surface area contributed by atoms with Gasteiger partial charge in [-0.2, -0.15) is 5.10 Å². The Kier molecular flexibility index (Phi) is 6.29. The van der Waals surface area contributed by atoms with E-state index in [0.29, 0.717) is 23.9 Å². The van der Waals surface area contributed by atoms with E-state index >= 15 is 0 Å². The summed E-state index contributed by atoms with van der Waals surface area (Å²) < 4.78 is 5.46. The number of carbonyl (C=O) groups is 3. The molecule has 24 heavy (non-hydrogen) atoms. The fourth-order valence-corrected chi connectivity index (χ4v) is 2.92. The normalized spacial score (nSPS) is 13.9. The van der Waals surface area contributed by atoms with Gasteiger partial charge in [-0.15, -0.1) is 11.8 Å². The van der Waals surface area contributed by atoms with Crippen LogP contribution in [0.2, 0.25) is 0 Å². The highest BCUT2D eigenvalue weighted by molar-refractivity contribution is 8.04. The predicted octanol–water partition coefficient (Wildman–Crippen LogP) is 0.344. The number of likely N-dealkylation sites (N-methyl/N-ethyl adjacent to an activating group) is 1. The van der Waals surface area contributed by atoms with E-state index in [0.717, 1.165) is 6.54 Å². The zero-order chi connectivity index (χ0) is 17.7. The van der Waals surface area contributed by atoms with Gasteiger partial charge in [0, 0.05) is 25.4 Å². The summed E-state index contributed by atoms with van der Waals surface area (Å²) in [5.74, 6) is -0.689. The number of allylic oxidation sites excluding steroid dienone is 2. The van der Waals surface area contributed by atoms with Crippen LogP contribution in [0.3, 0.4) is 0 Å². The van der Waals surface area contributed by atoms with E-state index in [1.165, 1.54) is 24.9 Å². The summed E-state index contributed by atoms with van der Waals surface area (Å²) in [6, 6.07) is 0. The maximum absolute atomic E-state index is 12.5. The number of hydrogen-bond donors (Lipinski definition) is 2. The Labute approximate surface area is 144 Å². The van der Waals surface area contributed by atoms with Gasteiger partial charge in [0.1, 0.15) is 11.4 Å². The number of fused-ring (bicyclic) bond motifs is 1. The molecular formula is C15H20N4O4S. The fraction of sp³-hybridized carbons (Fsp3) is 0.467. The Morgan fingerprint density at radius 2 is 2.12 bits per heavy atom. The van der Waals surface area contributed by atoms with E-state index in [2.05, 4.69) is 15.5 Å². The first-order valence-electron chi connectivity index (χ1n) is 7.42. The number of H-pyrrole nitrogens is 1. The molecule has 0 aromatic carbocycles. The van der Waals surface area contributed by atoms with Crippen molar-refractivity contribution in [1.29, 1.82) is 0 Å². The van der Waals surface area contributed by atoms with Gasteiger partial charge in [-0.3, -0.25) is 19.5 Å². The lowest BCUT2D eigenvalue weighted by atomic mass is 9.99. The Hall–Kier alpha value is -1.97. The lowest BCUT2D eigenvalue weighted by molar-refractivity contribution is 0.0945. The van der Waals surface area contributed by atoms with Gasteiger partial charge in [0.05, 0.1) is 23.7 Å². The molecule has 1 aliphatic carbocycles. The molecule has 2 rings (SSSR count). The lowest BCUT2D eigenvalue weighted by Gasteiger charge is -2.12. The molecule has 0 bridgehead atoms. The van der Waals surface area contributed by atoms with Gasteiger partial charge in [0.25, 0.3) is 5.91 Å². The number of Topliss-reactive ketones (excluding diaryl/α,β-unsaturated/α-hetero) is 1. The second-order valence-electron chi connectivity index (χ2n) is 5.37. The van der Waals surface area contributed by atoms with E-state index in [1.807, 2.05) is 19.0 Å². The molecule has 0 radical (unpaired) electrons. The summed E-state index contributed by atoms with van der Waals surface area (Å²) in [6.45, 7) is 1.89. The van der Waals surface area contributed by atoms with Crippen molar-refractivity contribution in [3.05, 3.63) is 27.9 Å². The highest BCUT2D eigenvalue weighted by Crippen LogP contribution is 2.29. The highest BCUT2D eigenvalue weighted by atomic mass is 32.2. The second-order valence-corrected chi connectivity index (χ2v) is 6.50. The third-order valence-corrected chi connectivity index (χ3v) is 4.32. The first-order valence-corrected chi connectivity index (χ1v) is 8.40. The van der Waals surface area contributed by atoms with Gasteiger partial charge >= 0.3 is 0 Å². The van der Waals surface area contributed by atoms with Gasteiger partial charge < -0.3 is 15.0 Å². The van der Waals surface area contributed by atoms with Crippen molar-refractivity contribution >= 4 is 29.2 Å². The average Bonchev–Trinajstić information content (AvgIpc) is 2.99. The monoisotopic (exact) mass is 352 g/mol. The van der Waals surface area contributed by atoms with E-state index in [1.54, 1.807) is 0 Å². The standard InChI is InChI=1S/C15H20N4O4S/c1-16-15(22)13-11-12(17-18-13)9(20)8-10(14(11)21)24-7-6-23-5-4-19(2)3/h8H,4-7H2,1-3H3,(H,16,22)(H,17,18). The van der Waals surface area contributed by atoms with Crippen LogP contribution in [0.5, 0.6) is 0 Å². The predicted molar refractivity (Wildman–Crippen MR) is 90.6 cm³/mol. The number of thioether (sulfide) groups is 1. The van der Waals surface area contributed by atoms with Gasteiger partial charge in [-0.1, -0.05) is 0 Å². The molecule has 2 N–H and O–H groups in total. The molecule has 0 saturated heterocycles. The van der Waals surface area contributed by atoms with Gasteiger partial charge in [0.15, 0.2) is 0 Å². The van der Waals surface area contributed by atoms with Crippen LogP contribution in [0, 0.1) is 0 Å². The molecule has 1 amide bonds. The van der Waals surface area contributed by atoms with Crippen LogP contribution in [-0.2, 0) is 4.74 Å². The molecule has 9 heteroatoms. The number of hydrogen-bond acceptors (Lipinski definition) is 7. The molecule has 1 aliphatic rings. The fourth-order valence-electron chi connectivity index (χ4n) is 2.07. The number of carbonyl (C=O) groups excluding carboxylic acids is 3. The topological polar surface area (TPSA) is 104 Å². The molecule has 0 unspecified atom stereocenters. The molecule has 0 spiro atoms. The smallest absolute Gasteiger partial charge is 0.269 e. The summed E-state index contributed by atoms with van der Waals surface area (Å²) >= 11 is 1.24. The van der Waals surface area contributed by atoms with Crippen molar-refractivity contribution < 1.29 is 19.1 Å². The highest BCUT2D eigenvalue weighted by Gasteiger charge is 2.33. The second kappa shape index (κ2) is 8.22. The summed E-state index contributed by atoms with van der Waals surface area (Å²) in [7, 11) is 5.37. The molecule has 0 saturated carbocycles. The van der Waals surface area contributed by atoms with Crippen molar-refractivity contribution in [1.82, 2.24) is 20.4 Å². The van der Waals surface area contributed by atoms with Crippen molar-refractivity contribution in [2.75, 3.05) is 46.7 Å². The number of ether oxygens (including phenoxy) is 1. The molecule has 1 heterocycles. The zero-order valence-electron chi connectivity index (χ0n) is 13.8. The van der Waals surface area contributed by atoms with Crippen molar-refractivity contribution in [2.45, 2.75) is 0 Å². The maximum atomic E-state index is 12.5. The third kappa shape index (κ3) is 4.11. The van der Waals surface area contributed by atoms with Crippen LogP contribution < -0.4 is 5.32 Å². The van der Waals surface area contributed by atoms with E-state index in [4.69, 9.17) is 4.74 Å². The van der Waals surface area contributed by atoms with E-state index in [-0.39, 0.29) is 28.5 Å². The van der Waals surface area contributed by atoms with Crippen LogP contribution in [0.15, 0.2) is 11.0 Å². The molecule has 1 aromatic heterocycles. The molecule has 130 valence electrons. The number of aromatic amines is 1. The minimum Gasteiger partial charge on any atom is -0.379 e. The minimum atomic E-state index is -0.483. The van der Waals surface area contributed by atoms with Crippen LogP contribution in [0.4, 0.5) is 0 Å². The molecular weight excluding hydrogens is 332 g/mol. The Bertz CT molecular complexity index is 681. The first-order chi connectivity index (χ1) is 11.5. The summed E-state index contributed by atoms with van der Waals surface area (Å²) in [4.78, 5) is 38.7.